The SMILES string of the molecule is CCCCCCC(=O)OC1=CC(=O)NC1. The number of carbonyl (C=O) groups excluding carboxylic acids is 2. The zero-order valence-electron chi connectivity index (χ0n) is 9.04. The zero-order chi connectivity index (χ0) is 11.1. The molecule has 0 saturated heterocycles. The number of hydrogen-bond donors (Lipinski definition) is 1. The molecule has 1 rings (SSSR count). The average Bonchev–Trinajstić information content (AvgIpc) is 2.59. The molecule has 0 saturated carbocycles. The van der Waals surface area contributed by atoms with Gasteiger partial charge in [-0.2, -0.15) is 0 Å². The molecule has 84 valence electrons. The fourth-order valence-electron chi connectivity index (χ4n) is 1.38. The molecule has 0 atom stereocenters. The fraction of sp³-hybridized carbons (Fsp3) is 0.636. The van der Waals surface area contributed by atoms with E-state index in [4.69, 9.17) is 4.74 Å². The predicted molar refractivity (Wildman–Crippen MR) is 55.9 cm³/mol. The van der Waals surface area contributed by atoms with Crippen LogP contribution in [0.15, 0.2) is 11.8 Å². The third-order valence-corrected chi connectivity index (χ3v) is 2.21. The van der Waals surface area contributed by atoms with Gasteiger partial charge in [-0.1, -0.05) is 26.2 Å². The molecule has 1 aliphatic heterocycles. The monoisotopic (exact) mass is 211 g/mol. The molecule has 0 aromatic carbocycles. The summed E-state index contributed by atoms with van der Waals surface area (Å²) in [6.45, 7) is 2.46. The number of ether oxygens (including phenoxy) is 1. The fourth-order valence-corrected chi connectivity index (χ4v) is 1.38. The van der Waals surface area contributed by atoms with Gasteiger partial charge in [0.05, 0.1) is 6.54 Å². The van der Waals surface area contributed by atoms with Crippen LogP contribution in [0.25, 0.3) is 0 Å². The quantitative estimate of drug-likeness (QED) is 0.535. The Morgan fingerprint density at radius 3 is 2.87 bits per heavy atom. The molecule has 0 unspecified atom stereocenters. The minimum Gasteiger partial charge on any atom is -0.429 e. The van der Waals surface area contributed by atoms with Crippen molar-refractivity contribution in [3.63, 3.8) is 0 Å². The lowest BCUT2D eigenvalue weighted by molar-refractivity contribution is -0.139. The third-order valence-electron chi connectivity index (χ3n) is 2.21. The van der Waals surface area contributed by atoms with E-state index in [0.717, 1.165) is 25.7 Å². The third kappa shape index (κ3) is 4.63. The number of esters is 1. The van der Waals surface area contributed by atoms with Crippen LogP contribution in [0.3, 0.4) is 0 Å². The average molecular weight is 211 g/mol. The topological polar surface area (TPSA) is 55.4 Å². The Morgan fingerprint density at radius 1 is 1.47 bits per heavy atom. The molecule has 1 amide bonds. The highest BCUT2D eigenvalue weighted by Gasteiger charge is 2.14. The van der Waals surface area contributed by atoms with Crippen molar-refractivity contribution in [2.75, 3.05) is 6.54 Å². The van der Waals surface area contributed by atoms with Gasteiger partial charge in [-0.25, -0.2) is 0 Å². The molecule has 4 nitrogen and oxygen atoms in total. The summed E-state index contributed by atoms with van der Waals surface area (Å²) in [4.78, 5) is 22.0. The first-order chi connectivity index (χ1) is 7.22. The maximum atomic E-state index is 11.3. The molecule has 0 aliphatic carbocycles. The smallest absolute Gasteiger partial charge is 0.310 e. The van der Waals surface area contributed by atoms with Crippen LogP contribution in [0.1, 0.15) is 39.0 Å². The maximum absolute atomic E-state index is 11.3. The van der Waals surface area contributed by atoms with Gasteiger partial charge in [0.1, 0.15) is 5.76 Å². The van der Waals surface area contributed by atoms with Crippen molar-refractivity contribution >= 4 is 11.9 Å². The van der Waals surface area contributed by atoms with Crippen LogP contribution < -0.4 is 5.32 Å². The molecule has 0 aromatic heterocycles. The van der Waals surface area contributed by atoms with Crippen molar-refractivity contribution in [3.05, 3.63) is 11.8 Å². The number of rotatable bonds is 6. The molecule has 1 N–H and O–H groups in total. The second-order valence-electron chi connectivity index (χ2n) is 3.61. The Hall–Kier alpha value is -1.32. The molecule has 0 fully saturated rings. The molecular formula is C11H17NO3. The molecule has 4 heteroatoms. The van der Waals surface area contributed by atoms with Crippen molar-refractivity contribution < 1.29 is 14.3 Å². The molecule has 0 spiro atoms. The molecular weight excluding hydrogens is 194 g/mol. The molecule has 0 radical (unpaired) electrons. The second-order valence-corrected chi connectivity index (χ2v) is 3.61. The summed E-state index contributed by atoms with van der Waals surface area (Å²) in [5.74, 6) is -0.00173. The predicted octanol–water partition coefficient (Wildman–Crippen LogP) is 1.51. The van der Waals surface area contributed by atoms with Crippen LogP contribution in [0.4, 0.5) is 0 Å². The minimum atomic E-state index is -0.242. The van der Waals surface area contributed by atoms with Gasteiger partial charge in [-0.3, -0.25) is 9.59 Å². The number of hydrogen-bond acceptors (Lipinski definition) is 3. The van der Waals surface area contributed by atoms with E-state index in [1.165, 1.54) is 6.08 Å². The largest absolute Gasteiger partial charge is 0.429 e. The van der Waals surface area contributed by atoms with Crippen molar-refractivity contribution in [1.82, 2.24) is 5.32 Å². The normalized spacial score (nSPS) is 14.7. The van der Waals surface area contributed by atoms with Crippen LogP contribution in [-0.2, 0) is 14.3 Å². The highest BCUT2D eigenvalue weighted by molar-refractivity contribution is 5.91. The van der Waals surface area contributed by atoms with Crippen molar-refractivity contribution in [2.45, 2.75) is 39.0 Å². The number of nitrogens with one attached hydrogen (secondary N) is 1. The van der Waals surface area contributed by atoms with E-state index in [1.807, 2.05) is 0 Å². The maximum Gasteiger partial charge on any atom is 0.310 e. The van der Waals surface area contributed by atoms with Gasteiger partial charge < -0.3 is 10.1 Å². The Morgan fingerprint density at radius 2 is 2.27 bits per heavy atom. The minimum absolute atomic E-state index is 0.191. The van der Waals surface area contributed by atoms with Gasteiger partial charge in [0.25, 0.3) is 0 Å². The van der Waals surface area contributed by atoms with Gasteiger partial charge in [-0.15, -0.1) is 0 Å². The summed E-state index contributed by atoms with van der Waals surface area (Å²) in [6, 6.07) is 0. The van der Waals surface area contributed by atoms with Crippen LogP contribution >= 0.6 is 0 Å². The Balaban J connectivity index is 2.13. The summed E-state index contributed by atoms with van der Waals surface area (Å²) in [6.07, 6.45) is 5.98. The summed E-state index contributed by atoms with van der Waals surface area (Å²) in [5.41, 5.74) is 0. The molecule has 1 aliphatic rings. The molecule has 0 aromatic rings. The number of unbranched alkanes of at least 4 members (excludes halogenated alkanes) is 3. The van der Waals surface area contributed by atoms with Gasteiger partial charge in [-0.05, 0) is 6.42 Å². The molecule has 1 heterocycles. The van der Waals surface area contributed by atoms with Crippen molar-refractivity contribution in [1.29, 1.82) is 0 Å². The van der Waals surface area contributed by atoms with E-state index in [0.29, 0.717) is 18.7 Å². The Bertz CT molecular complexity index is 271. The highest BCUT2D eigenvalue weighted by atomic mass is 16.5. The first kappa shape index (κ1) is 11.8. The van der Waals surface area contributed by atoms with Crippen LogP contribution in [-0.4, -0.2) is 18.4 Å². The van der Waals surface area contributed by atoms with Crippen LogP contribution in [0.2, 0.25) is 0 Å². The first-order valence-electron chi connectivity index (χ1n) is 5.41. The summed E-state index contributed by atoms with van der Waals surface area (Å²) < 4.78 is 5.00. The molecule has 0 bridgehead atoms. The van der Waals surface area contributed by atoms with E-state index in [9.17, 15) is 9.59 Å². The summed E-state index contributed by atoms with van der Waals surface area (Å²) in [5, 5.41) is 2.54. The van der Waals surface area contributed by atoms with E-state index in [1.54, 1.807) is 0 Å². The first-order valence-corrected chi connectivity index (χ1v) is 5.41. The van der Waals surface area contributed by atoms with Gasteiger partial charge in [0.15, 0.2) is 0 Å². The van der Waals surface area contributed by atoms with Gasteiger partial charge >= 0.3 is 5.97 Å². The van der Waals surface area contributed by atoms with Crippen LogP contribution in [0.5, 0.6) is 0 Å². The molecule has 15 heavy (non-hydrogen) atoms. The number of carbonyl (C=O) groups is 2. The van der Waals surface area contributed by atoms with E-state index < -0.39 is 0 Å². The lowest BCUT2D eigenvalue weighted by atomic mass is 10.2. The van der Waals surface area contributed by atoms with E-state index in [2.05, 4.69) is 12.2 Å². The van der Waals surface area contributed by atoms with Crippen molar-refractivity contribution in [3.8, 4) is 0 Å². The lowest BCUT2D eigenvalue weighted by Crippen LogP contribution is -2.16. The van der Waals surface area contributed by atoms with E-state index >= 15 is 0 Å². The van der Waals surface area contributed by atoms with Gasteiger partial charge in [0, 0.05) is 12.5 Å². The highest BCUT2D eigenvalue weighted by Crippen LogP contribution is 2.07. The second kappa shape index (κ2) is 6.22. The lowest BCUT2D eigenvalue weighted by Gasteiger charge is -2.03. The van der Waals surface area contributed by atoms with Crippen LogP contribution in [0, 0.1) is 0 Å². The van der Waals surface area contributed by atoms with Gasteiger partial charge in [0.2, 0.25) is 5.91 Å². The number of amides is 1. The summed E-state index contributed by atoms with van der Waals surface area (Å²) in [7, 11) is 0. The Labute approximate surface area is 89.7 Å². The standard InChI is InChI=1S/C11H17NO3/c1-2-3-4-5-6-11(14)15-9-7-10(13)12-8-9/h7H,2-6,8H2,1H3,(H,12,13). The van der Waals surface area contributed by atoms with E-state index in [-0.39, 0.29) is 11.9 Å². The Kier molecular flexibility index (Phi) is 4.87. The summed E-state index contributed by atoms with van der Waals surface area (Å²) >= 11 is 0. The zero-order valence-corrected chi connectivity index (χ0v) is 9.04. The van der Waals surface area contributed by atoms with Crippen molar-refractivity contribution in [2.24, 2.45) is 0 Å².